The van der Waals surface area contributed by atoms with E-state index in [0.29, 0.717) is 31.0 Å². The summed E-state index contributed by atoms with van der Waals surface area (Å²) in [6, 6.07) is 12.5. The largest absolute Gasteiger partial charge is 0.487 e. The average Bonchev–Trinajstić information content (AvgIpc) is 3.01. The SMILES string of the molecule is O=C(Nc1cccc(OCc2ccccn2)c1)C1CC(O)CN1. The van der Waals surface area contributed by atoms with Crippen molar-refractivity contribution in [1.29, 1.82) is 0 Å². The summed E-state index contributed by atoms with van der Waals surface area (Å²) in [4.78, 5) is 16.3. The summed E-state index contributed by atoms with van der Waals surface area (Å²) in [5.41, 5.74) is 1.50. The second kappa shape index (κ2) is 7.21. The molecule has 1 aromatic carbocycles. The zero-order chi connectivity index (χ0) is 16.1. The molecule has 0 spiro atoms. The van der Waals surface area contributed by atoms with Gasteiger partial charge in [0, 0.05) is 24.5 Å². The predicted molar refractivity (Wildman–Crippen MR) is 86.1 cm³/mol. The lowest BCUT2D eigenvalue weighted by Crippen LogP contribution is -2.35. The molecular weight excluding hydrogens is 294 g/mol. The number of hydrogen-bond donors (Lipinski definition) is 3. The van der Waals surface area contributed by atoms with Crippen molar-refractivity contribution in [3.8, 4) is 5.75 Å². The molecule has 0 aliphatic carbocycles. The van der Waals surface area contributed by atoms with Crippen LogP contribution in [0.3, 0.4) is 0 Å². The second-order valence-corrected chi connectivity index (χ2v) is 5.48. The first-order valence-corrected chi connectivity index (χ1v) is 7.56. The highest BCUT2D eigenvalue weighted by molar-refractivity contribution is 5.95. The molecule has 6 nitrogen and oxygen atoms in total. The Morgan fingerprint density at radius 2 is 2.26 bits per heavy atom. The van der Waals surface area contributed by atoms with Gasteiger partial charge in [0.05, 0.1) is 17.8 Å². The van der Waals surface area contributed by atoms with E-state index >= 15 is 0 Å². The maximum atomic E-state index is 12.1. The number of amides is 1. The van der Waals surface area contributed by atoms with E-state index in [-0.39, 0.29) is 11.9 Å². The third-order valence-corrected chi connectivity index (χ3v) is 3.64. The number of nitrogens with zero attached hydrogens (tertiary/aromatic N) is 1. The molecule has 0 radical (unpaired) electrons. The summed E-state index contributed by atoms with van der Waals surface area (Å²) in [7, 11) is 0. The van der Waals surface area contributed by atoms with Gasteiger partial charge in [0.1, 0.15) is 12.4 Å². The lowest BCUT2D eigenvalue weighted by molar-refractivity contribution is -0.117. The maximum Gasteiger partial charge on any atom is 0.241 e. The van der Waals surface area contributed by atoms with Gasteiger partial charge >= 0.3 is 0 Å². The van der Waals surface area contributed by atoms with Crippen molar-refractivity contribution in [2.24, 2.45) is 0 Å². The van der Waals surface area contributed by atoms with E-state index in [2.05, 4.69) is 15.6 Å². The Hall–Kier alpha value is -2.44. The van der Waals surface area contributed by atoms with E-state index in [1.807, 2.05) is 30.3 Å². The predicted octanol–water partition coefficient (Wildman–Crippen LogP) is 1.32. The molecule has 2 aromatic rings. The van der Waals surface area contributed by atoms with Gasteiger partial charge in [-0.3, -0.25) is 9.78 Å². The van der Waals surface area contributed by atoms with Gasteiger partial charge in [-0.25, -0.2) is 0 Å². The van der Waals surface area contributed by atoms with Gasteiger partial charge in [0.15, 0.2) is 0 Å². The number of carbonyl (C=O) groups is 1. The van der Waals surface area contributed by atoms with Gasteiger partial charge in [-0.05, 0) is 30.7 Å². The van der Waals surface area contributed by atoms with Crippen LogP contribution in [0.25, 0.3) is 0 Å². The van der Waals surface area contributed by atoms with Crippen LogP contribution >= 0.6 is 0 Å². The van der Waals surface area contributed by atoms with Crippen molar-refractivity contribution in [1.82, 2.24) is 10.3 Å². The molecule has 23 heavy (non-hydrogen) atoms. The van der Waals surface area contributed by atoms with Crippen LogP contribution < -0.4 is 15.4 Å². The number of hydrogen-bond acceptors (Lipinski definition) is 5. The highest BCUT2D eigenvalue weighted by Gasteiger charge is 2.27. The molecule has 1 aromatic heterocycles. The van der Waals surface area contributed by atoms with E-state index in [1.165, 1.54) is 0 Å². The van der Waals surface area contributed by atoms with Gasteiger partial charge in [0.2, 0.25) is 5.91 Å². The number of aliphatic hydroxyl groups excluding tert-OH is 1. The van der Waals surface area contributed by atoms with Crippen molar-refractivity contribution < 1.29 is 14.6 Å². The number of rotatable bonds is 5. The standard InChI is InChI=1S/C17H19N3O3/c21-14-9-16(19-10-14)17(22)20-12-5-3-6-15(8-12)23-11-13-4-1-2-7-18-13/h1-8,14,16,19,21H,9-11H2,(H,20,22). The minimum Gasteiger partial charge on any atom is -0.487 e. The molecule has 3 rings (SSSR count). The van der Waals surface area contributed by atoms with Crippen LogP contribution in [-0.2, 0) is 11.4 Å². The van der Waals surface area contributed by atoms with Crippen molar-refractivity contribution in [2.75, 3.05) is 11.9 Å². The van der Waals surface area contributed by atoms with E-state index in [0.717, 1.165) is 5.69 Å². The highest BCUT2D eigenvalue weighted by atomic mass is 16.5. The summed E-state index contributed by atoms with van der Waals surface area (Å²) in [6.45, 7) is 0.819. The zero-order valence-corrected chi connectivity index (χ0v) is 12.6. The van der Waals surface area contributed by atoms with Crippen LogP contribution in [-0.4, -0.2) is 34.7 Å². The van der Waals surface area contributed by atoms with Gasteiger partial charge in [-0.1, -0.05) is 12.1 Å². The fraction of sp³-hybridized carbons (Fsp3) is 0.294. The minimum atomic E-state index is -0.459. The first-order valence-electron chi connectivity index (χ1n) is 7.56. The maximum absolute atomic E-state index is 12.1. The molecule has 1 aliphatic heterocycles. The van der Waals surface area contributed by atoms with Crippen LogP contribution in [0, 0.1) is 0 Å². The molecule has 1 fully saturated rings. The summed E-state index contributed by atoms with van der Waals surface area (Å²) in [5, 5.41) is 15.3. The highest BCUT2D eigenvalue weighted by Crippen LogP contribution is 2.19. The van der Waals surface area contributed by atoms with E-state index < -0.39 is 6.10 Å². The number of nitrogens with one attached hydrogen (secondary N) is 2. The third-order valence-electron chi connectivity index (χ3n) is 3.64. The van der Waals surface area contributed by atoms with Crippen molar-refractivity contribution >= 4 is 11.6 Å². The number of aromatic nitrogens is 1. The Balaban J connectivity index is 1.57. The normalized spacial score (nSPS) is 20.2. The van der Waals surface area contributed by atoms with Crippen molar-refractivity contribution in [3.63, 3.8) is 0 Å². The second-order valence-electron chi connectivity index (χ2n) is 5.48. The molecule has 1 aliphatic rings. The third kappa shape index (κ3) is 4.28. The molecule has 2 unspecified atom stereocenters. The number of carbonyl (C=O) groups excluding carboxylic acids is 1. The smallest absolute Gasteiger partial charge is 0.241 e. The molecule has 0 bridgehead atoms. The number of β-amino-alcohol motifs (C(OH)–C–C–N with tert-alkyl or cyclic N) is 1. The summed E-state index contributed by atoms with van der Waals surface area (Å²) in [6.07, 6.45) is 1.69. The number of benzene rings is 1. The topological polar surface area (TPSA) is 83.5 Å². The van der Waals surface area contributed by atoms with Gasteiger partial charge < -0.3 is 20.5 Å². The Kier molecular flexibility index (Phi) is 4.85. The Morgan fingerprint density at radius 1 is 1.35 bits per heavy atom. The average molecular weight is 313 g/mol. The number of aliphatic hydroxyl groups is 1. The van der Waals surface area contributed by atoms with Crippen LogP contribution in [0.4, 0.5) is 5.69 Å². The van der Waals surface area contributed by atoms with E-state index in [4.69, 9.17) is 4.74 Å². The summed E-state index contributed by atoms with van der Waals surface area (Å²) >= 11 is 0. The molecule has 2 heterocycles. The minimum absolute atomic E-state index is 0.150. The molecule has 3 N–H and O–H groups in total. The fourth-order valence-corrected chi connectivity index (χ4v) is 2.45. The van der Waals surface area contributed by atoms with E-state index in [9.17, 15) is 9.90 Å². The Bertz CT molecular complexity index is 663. The van der Waals surface area contributed by atoms with Crippen LogP contribution in [0.5, 0.6) is 5.75 Å². The number of ether oxygens (including phenoxy) is 1. The summed E-state index contributed by atoms with van der Waals surface area (Å²) < 4.78 is 5.69. The first kappa shape index (κ1) is 15.5. The molecule has 6 heteroatoms. The van der Waals surface area contributed by atoms with Crippen molar-refractivity contribution in [2.45, 2.75) is 25.2 Å². The van der Waals surface area contributed by atoms with E-state index in [1.54, 1.807) is 18.3 Å². The van der Waals surface area contributed by atoms with Gasteiger partial charge in [-0.2, -0.15) is 0 Å². The molecule has 1 saturated heterocycles. The van der Waals surface area contributed by atoms with Crippen molar-refractivity contribution in [3.05, 3.63) is 54.4 Å². The zero-order valence-electron chi connectivity index (χ0n) is 12.6. The van der Waals surface area contributed by atoms with Gasteiger partial charge in [0.25, 0.3) is 0 Å². The monoisotopic (exact) mass is 313 g/mol. The molecule has 0 saturated carbocycles. The molecule has 1 amide bonds. The quantitative estimate of drug-likeness (QED) is 0.775. The van der Waals surface area contributed by atoms with Crippen LogP contribution in [0.1, 0.15) is 12.1 Å². The first-order chi connectivity index (χ1) is 11.2. The Labute approximate surface area is 134 Å². The van der Waals surface area contributed by atoms with Crippen LogP contribution in [0.15, 0.2) is 48.7 Å². The molecule has 2 atom stereocenters. The lowest BCUT2D eigenvalue weighted by Gasteiger charge is -2.12. The lowest BCUT2D eigenvalue weighted by atomic mass is 10.2. The molecular formula is C17H19N3O3. The summed E-state index contributed by atoms with van der Waals surface area (Å²) in [5.74, 6) is 0.510. The molecule has 120 valence electrons. The fourth-order valence-electron chi connectivity index (χ4n) is 2.45. The van der Waals surface area contributed by atoms with Gasteiger partial charge in [-0.15, -0.1) is 0 Å². The van der Waals surface area contributed by atoms with Crippen LogP contribution in [0.2, 0.25) is 0 Å². The number of pyridine rings is 1. The Morgan fingerprint density at radius 3 is 3.00 bits per heavy atom. The number of anilines is 1.